The molecule has 37 heavy (non-hydrogen) atoms. The summed E-state index contributed by atoms with van der Waals surface area (Å²) in [6.45, 7) is 2.23. The molecule has 3 heterocycles. The Morgan fingerprint density at radius 2 is 1.73 bits per heavy atom. The van der Waals surface area contributed by atoms with Crippen LogP contribution in [0.25, 0.3) is 0 Å². The highest BCUT2D eigenvalue weighted by molar-refractivity contribution is 7.86. The van der Waals surface area contributed by atoms with Crippen LogP contribution in [0.2, 0.25) is 0 Å². The average Bonchev–Trinajstić information content (AvgIpc) is 3.32. The largest absolute Gasteiger partial charge is 0.340 e. The first-order chi connectivity index (χ1) is 17.4. The molecule has 1 aromatic carbocycles. The molecule has 202 valence electrons. The number of amides is 2. The highest BCUT2D eigenvalue weighted by atomic mass is 32.2. The summed E-state index contributed by atoms with van der Waals surface area (Å²) in [4.78, 5) is 29.8. The lowest BCUT2D eigenvalue weighted by atomic mass is 9.97. The molecule has 3 saturated heterocycles. The van der Waals surface area contributed by atoms with Crippen molar-refractivity contribution in [3.63, 3.8) is 0 Å². The molecular formula is C25H33F2N5O4S. The topological polar surface area (TPSA) is 105 Å². The third-order valence-corrected chi connectivity index (χ3v) is 9.43. The van der Waals surface area contributed by atoms with Crippen LogP contribution in [0.3, 0.4) is 0 Å². The Morgan fingerprint density at radius 3 is 2.35 bits per heavy atom. The molecule has 0 bridgehead atoms. The number of nitriles is 1. The second kappa shape index (κ2) is 10.6. The number of hydrogen-bond acceptors (Lipinski definition) is 5. The van der Waals surface area contributed by atoms with Gasteiger partial charge in [0, 0.05) is 58.8 Å². The van der Waals surface area contributed by atoms with Crippen molar-refractivity contribution >= 4 is 22.0 Å². The molecule has 0 spiro atoms. The van der Waals surface area contributed by atoms with Gasteiger partial charge < -0.3 is 9.80 Å². The molecule has 4 rings (SSSR count). The number of likely N-dealkylation sites (tertiary alicyclic amines) is 1. The van der Waals surface area contributed by atoms with Crippen LogP contribution in [0, 0.1) is 23.2 Å². The lowest BCUT2D eigenvalue weighted by Gasteiger charge is -2.41. The van der Waals surface area contributed by atoms with Crippen LogP contribution in [-0.2, 0) is 32.3 Å². The molecule has 0 N–H and O–H groups in total. The van der Waals surface area contributed by atoms with Crippen molar-refractivity contribution in [2.75, 3.05) is 39.8 Å². The third kappa shape index (κ3) is 5.78. The zero-order valence-electron chi connectivity index (χ0n) is 21.1. The van der Waals surface area contributed by atoms with E-state index in [1.807, 2.05) is 0 Å². The van der Waals surface area contributed by atoms with Crippen LogP contribution in [-0.4, -0.2) is 84.5 Å². The number of likely N-dealkylation sites (N-methyl/N-ethyl adjacent to an activating group) is 1. The number of nitrogens with zero attached hydrogens (tertiary/aromatic N) is 5. The minimum atomic E-state index is -3.73. The first kappa shape index (κ1) is 27.4. The van der Waals surface area contributed by atoms with E-state index in [2.05, 4.69) is 6.07 Å². The minimum absolute atomic E-state index is 0.0660. The third-order valence-electron chi connectivity index (χ3n) is 7.49. The molecule has 1 aromatic rings. The Kier molecular flexibility index (Phi) is 7.88. The summed E-state index contributed by atoms with van der Waals surface area (Å²) >= 11 is 0. The van der Waals surface area contributed by atoms with E-state index in [-0.39, 0.29) is 49.5 Å². The van der Waals surface area contributed by atoms with Crippen molar-refractivity contribution in [2.24, 2.45) is 11.8 Å². The van der Waals surface area contributed by atoms with Gasteiger partial charge in [0.1, 0.15) is 6.04 Å². The molecule has 0 unspecified atom stereocenters. The summed E-state index contributed by atoms with van der Waals surface area (Å²) < 4.78 is 55.5. The van der Waals surface area contributed by atoms with Gasteiger partial charge in [0.15, 0.2) is 0 Å². The normalized spacial score (nSPS) is 23.9. The maximum absolute atomic E-state index is 13.5. The van der Waals surface area contributed by atoms with E-state index in [4.69, 9.17) is 5.26 Å². The summed E-state index contributed by atoms with van der Waals surface area (Å²) in [7, 11) is -2.10. The zero-order valence-corrected chi connectivity index (χ0v) is 22.0. The van der Waals surface area contributed by atoms with Crippen LogP contribution in [0.1, 0.15) is 43.7 Å². The fraction of sp³-hybridized carbons (Fsp3) is 0.640. The lowest BCUT2D eigenvalue weighted by Crippen LogP contribution is -2.57. The van der Waals surface area contributed by atoms with Crippen molar-refractivity contribution in [1.29, 1.82) is 5.26 Å². The monoisotopic (exact) mass is 537 g/mol. The highest BCUT2D eigenvalue weighted by Gasteiger charge is 2.44. The molecular weight excluding hydrogens is 504 g/mol. The van der Waals surface area contributed by atoms with E-state index in [1.165, 1.54) is 25.6 Å². The molecule has 0 radical (unpaired) electrons. The number of hydrogen-bond donors (Lipinski definition) is 0. The van der Waals surface area contributed by atoms with E-state index in [9.17, 15) is 26.8 Å². The van der Waals surface area contributed by atoms with Gasteiger partial charge in [-0.15, -0.1) is 0 Å². The van der Waals surface area contributed by atoms with E-state index in [1.54, 1.807) is 24.1 Å². The van der Waals surface area contributed by atoms with Gasteiger partial charge in [-0.05, 0) is 31.2 Å². The van der Waals surface area contributed by atoms with E-state index in [0.717, 1.165) is 6.92 Å². The van der Waals surface area contributed by atoms with Crippen LogP contribution in [0.15, 0.2) is 24.3 Å². The molecule has 0 saturated carbocycles. The maximum atomic E-state index is 13.5. The molecule has 0 aliphatic carbocycles. The standard InChI is InChI=1S/C25H33F2N5O4S/c1-25(26,27)21-9-7-18(8-10-21)14-29(2)24(34)22-6-4-12-32(22)23(33)20-5-3-11-30(17-20)37(35,36)31-15-19(13-28)16-31/h7-10,19-20,22H,3-6,11-12,14-17H2,1-2H3/t20-,22+/m0/s1. The Morgan fingerprint density at radius 1 is 1.08 bits per heavy atom. The van der Waals surface area contributed by atoms with Crippen molar-refractivity contribution in [3.8, 4) is 6.07 Å². The Hall–Kier alpha value is -2.62. The second-order valence-corrected chi connectivity index (χ2v) is 12.2. The molecule has 3 aliphatic heterocycles. The van der Waals surface area contributed by atoms with Crippen LogP contribution in [0.4, 0.5) is 8.78 Å². The van der Waals surface area contributed by atoms with Crippen molar-refractivity contribution < 1.29 is 26.8 Å². The Bertz CT molecular complexity index is 1160. The van der Waals surface area contributed by atoms with Crippen LogP contribution >= 0.6 is 0 Å². The number of piperidine rings is 1. The second-order valence-electron chi connectivity index (χ2n) is 10.3. The van der Waals surface area contributed by atoms with Gasteiger partial charge in [0.2, 0.25) is 11.8 Å². The number of rotatable bonds is 7. The average molecular weight is 538 g/mol. The fourth-order valence-corrected chi connectivity index (χ4v) is 7.05. The number of carbonyl (C=O) groups is 2. The Labute approximate surface area is 216 Å². The van der Waals surface area contributed by atoms with E-state index in [0.29, 0.717) is 44.3 Å². The summed E-state index contributed by atoms with van der Waals surface area (Å²) in [6, 6.07) is 7.28. The van der Waals surface area contributed by atoms with Gasteiger partial charge in [0.25, 0.3) is 16.1 Å². The van der Waals surface area contributed by atoms with E-state index < -0.39 is 28.1 Å². The number of halogens is 2. The van der Waals surface area contributed by atoms with Gasteiger partial charge in [-0.1, -0.05) is 24.3 Å². The SMILES string of the molecule is CN(Cc1ccc(C(C)(F)F)cc1)C(=O)[C@H]1CCCN1C(=O)[C@H]1CCCN(S(=O)(=O)N2CC(C#N)C2)C1. The first-order valence-corrected chi connectivity index (χ1v) is 14.0. The zero-order chi connectivity index (χ0) is 27.0. The predicted octanol–water partition coefficient (Wildman–Crippen LogP) is 2.16. The Balaban J connectivity index is 1.38. The molecule has 2 atom stereocenters. The smallest absolute Gasteiger partial charge is 0.282 e. The molecule has 3 fully saturated rings. The minimum Gasteiger partial charge on any atom is -0.340 e. The number of benzene rings is 1. The van der Waals surface area contributed by atoms with Crippen LogP contribution < -0.4 is 0 Å². The number of alkyl halides is 2. The quantitative estimate of drug-likeness (QED) is 0.530. The fourth-order valence-electron chi connectivity index (χ4n) is 5.26. The molecule has 12 heteroatoms. The number of carbonyl (C=O) groups excluding carboxylic acids is 2. The van der Waals surface area contributed by atoms with Crippen molar-refractivity contribution in [3.05, 3.63) is 35.4 Å². The first-order valence-electron chi connectivity index (χ1n) is 12.6. The van der Waals surface area contributed by atoms with Gasteiger partial charge >= 0.3 is 0 Å². The van der Waals surface area contributed by atoms with Gasteiger partial charge in [-0.3, -0.25) is 9.59 Å². The molecule has 0 aromatic heterocycles. The van der Waals surface area contributed by atoms with Crippen molar-refractivity contribution in [2.45, 2.75) is 51.1 Å². The molecule has 3 aliphatic rings. The highest BCUT2D eigenvalue weighted by Crippen LogP contribution is 2.30. The van der Waals surface area contributed by atoms with Crippen LogP contribution in [0.5, 0.6) is 0 Å². The lowest BCUT2D eigenvalue weighted by molar-refractivity contribution is -0.146. The van der Waals surface area contributed by atoms with Crippen molar-refractivity contribution in [1.82, 2.24) is 18.4 Å². The summed E-state index contributed by atoms with van der Waals surface area (Å²) in [5.41, 5.74) is 0.609. The molecule has 9 nitrogen and oxygen atoms in total. The summed E-state index contributed by atoms with van der Waals surface area (Å²) in [5.74, 6) is -4.20. The summed E-state index contributed by atoms with van der Waals surface area (Å²) in [5, 5.41) is 8.95. The molecule has 2 amide bonds. The van der Waals surface area contributed by atoms with Gasteiger partial charge in [-0.25, -0.2) is 8.78 Å². The summed E-state index contributed by atoms with van der Waals surface area (Å²) in [6.07, 6.45) is 2.29. The van der Waals surface area contributed by atoms with Gasteiger partial charge in [0.05, 0.1) is 17.9 Å². The van der Waals surface area contributed by atoms with E-state index >= 15 is 0 Å². The van der Waals surface area contributed by atoms with Gasteiger partial charge in [-0.2, -0.15) is 22.3 Å². The maximum Gasteiger partial charge on any atom is 0.282 e. The predicted molar refractivity (Wildman–Crippen MR) is 131 cm³/mol.